The third-order valence-corrected chi connectivity index (χ3v) is 5.40. The van der Waals surface area contributed by atoms with Crippen molar-refractivity contribution in [3.63, 3.8) is 0 Å². The Balaban J connectivity index is 2.24. The molecule has 5 heteroatoms. The van der Waals surface area contributed by atoms with Crippen LogP contribution in [-0.2, 0) is 10.0 Å². The molecule has 1 aromatic carbocycles. The molecule has 2 unspecified atom stereocenters. The SMILES string of the molecule is Cc1ccc(C)c(S(=O)(=O)NC2CNCCC2C)c1. The van der Waals surface area contributed by atoms with Gasteiger partial charge in [-0.3, -0.25) is 0 Å². The van der Waals surface area contributed by atoms with Crippen LogP contribution in [0.5, 0.6) is 0 Å². The van der Waals surface area contributed by atoms with Gasteiger partial charge in [-0.15, -0.1) is 0 Å². The van der Waals surface area contributed by atoms with Gasteiger partial charge in [-0.2, -0.15) is 0 Å². The predicted molar refractivity (Wildman–Crippen MR) is 76.7 cm³/mol. The van der Waals surface area contributed by atoms with Crippen molar-refractivity contribution in [2.24, 2.45) is 5.92 Å². The van der Waals surface area contributed by atoms with Crippen molar-refractivity contribution in [2.45, 2.75) is 38.1 Å². The maximum absolute atomic E-state index is 12.5. The van der Waals surface area contributed by atoms with Crippen LogP contribution < -0.4 is 10.0 Å². The van der Waals surface area contributed by atoms with Crippen LogP contribution in [0.3, 0.4) is 0 Å². The van der Waals surface area contributed by atoms with E-state index in [1.807, 2.05) is 26.0 Å². The van der Waals surface area contributed by atoms with Crippen LogP contribution >= 0.6 is 0 Å². The van der Waals surface area contributed by atoms with E-state index < -0.39 is 10.0 Å². The van der Waals surface area contributed by atoms with E-state index in [1.54, 1.807) is 6.07 Å². The average molecular weight is 282 g/mol. The molecule has 1 heterocycles. The monoisotopic (exact) mass is 282 g/mol. The number of hydrogen-bond donors (Lipinski definition) is 2. The van der Waals surface area contributed by atoms with Gasteiger partial charge in [0.1, 0.15) is 0 Å². The lowest BCUT2D eigenvalue weighted by Crippen LogP contribution is -2.50. The Labute approximate surface area is 115 Å². The lowest BCUT2D eigenvalue weighted by Gasteiger charge is -2.30. The molecule has 1 aliphatic rings. The Hall–Kier alpha value is -0.910. The zero-order valence-corrected chi connectivity index (χ0v) is 12.5. The maximum atomic E-state index is 12.5. The second-order valence-electron chi connectivity index (χ2n) is 5.47. The van der Waals surface area contributed by atoms with Crippen LogP contribution in [0.25, 0.3) is 0 Å². The highest BCUT2D eigenvalue weighted by Crippen LogP contribution is 2.19. The fourth-order valence-electron chi connectivity index (χ4n) is 2.41. The van der Waals surface area contributed by atoms with Gasteiger partial charge in [0.05, 0.1) is 4.90 Å². The van der Waals surface area contributed by atoms with Gasteiger partial charge in [0.15, 0.2) is 0 Å². The van der Waals surface area contributed by atoms with E-state index in [1.165, 1.54) is 0 Å². The second-order valence-corrected chi connectivity index (χ2v) is 7.15. The molecule has 106 valence electrons. The number of benzene rings is 1. The summed E-state index contributed by atoms with van der Waals surface area (Å²) in [6.07, 6.45) is 1.000. The molecule has 1 aromatic rings. The fraction of sp³-hybridized carbons (Fsp3) is 0.571. The molecule has 2 rings (SSSR count). The Bertz CT molecular complexity index is 555. The van der Waals surface area contributed by atoms with Gasteiger partial charge in [0, 0.05) is 12.6 Å². The zero-order valence-electron chi connectivity index (χ0n) is 11.7. The fourth-order valence-corrected chi connectivity index (χ4v) is 4.08. The molecule has 4 nitrogen and oxygen atoms in total. The summed E-state index contributed by atoms with van der Waals surface area (Å²) in [6, 6.07) is 5.49. The first kappa shape index (κ1) is 14.5. The van der Waals surface area contributed by atoms with Gasteiger partial charge in [0.2, 0.25) is 10.0 Å². The highest BCUT2D eigenvalue weighted by molar-refractivity contribution is 7.89. The molecule has 19 heavy (non-hydrogen) atoms. The van der Waals surface area contributed by atoms with Gasteiger partial charge < -0.3 is 5.32 Å². The highest BCUT2D eigenvalue weighted by atomic mass is 32.2. The summed E-state index contributed by atoms with van der Waals surface area (Å²) in [7, 11) is -3.44. The third-order valence-electron chi connectivity index (χ3n) is 3.77. The van der Waals surface area contributed by atoms with Crippen molar-refractivity contribution < 1.29 is 8.42 Å². The number of rotatable bonds is 3. The van der Waals surface area contributed by atoms with Crippen molar-refractivity contribution in [2.75, 3.05) is 13.1 Å². The van der Waals surface area contributed by atoms with Crippen molar-refractivity contribution >= 4 is 10.0 Å². The smallest absolute Gasteiger partial charge is 0.241 e. The summed E-state index contributed by atoms with van der Waals surface area (Å²) < 4.78 is 27.8. The van der Waals surface area contributed by atoms with Gasteiger partial charge in [0.25, 0.3) is 0 Å². The van der Waals surface area contributed by atoms with Crippen LogP contribution in [0.1, 0.15) is 24.5 Å². The largest absolute Gasteiger partial charge is 0.315 e. The molecular weight excluding hydrogens is 260 g/mol. The third kappa shape index (κ3) is 3.35. The number of nitrogens with one attached hydrogen (secondary N) is 2. The molecule has 1 saturated heterocycles. The number of hydrogen-bond acceptors (Lipinski definition) is 3. The molecule has 1 fully saturated rings. The van der Waals surface area contributed by atoms with Crippen LogP contribution in [0.2, 0.25) is 0 Å². The van der Waals surface area contributed by atoms with E-state index in [-0.39, 0.29) is 6.04 Å². The summed E-state index contributed by atoms with van der Waals surface area (Å²) in [5, 5.41) is 3.24. The van der Waals surface area contributed by atoms with Crippen molar-refractivity contribution in [1.29, 1.82) is 0 Å². The van der Waals surface area contributed by atoms with E-state index >= 15 is 0 Å². The van der Waals surface area contributed by atoms with Crippen LogP contribution in [0, 0.1) is 19.8 Å². The first-order valence-corrected chi connectivity index (χ1v) is 8.19. The minimum atomic E-state index is -3.44. The molecule has 2 atom stereocenters. The molecule has 0 aromatic heterocycles. The topological polar surface area (TPSA) is 58.2 Å². The van der Waals surface area contributed by atoms with E-state index in [2.05, 4.69) is 17.0 Å². The number of aryl methyl sites for hydroxylation is 2. The second kappa shape index (κ2) is 5.61. The molecule has 0 amide bonds. The van der Waals surface area contributed by atoms with E-state index in [0.717, 1.165) is 24.1 Å². The normalized spacial score (nSPS) is 24.4. The summed E-state index contributed by atoms with van der Waals surface area (Å²) in [6.45, 7) is 7.49. The van der Waals surface area contributed by atoms with Gasteiger partial charge in [-0.05, 0) is 49.9 Å². The molecule has 0 saturated carbocycles. The molecule has 0 radical (unpaired) electrons. The lowest BCUT2D eigenvalue weighted by molar-refractivity contribution is 0.327. The zero-order chi connectivity index (χ0) is 14.0. The first-order chi connectivity index (χ1) is 8.90. The maximum Gasteiger partial charge on any atom is 0.241 e. The van der Waals surface area contributed by atoms with Gasteiger partial charge >= 0.3 is 0 Å². The van der Waals surface area contributed by atoms with Crippen LogP contribution in [0.15, 0.2) is 23.1 Å². The highest BCUT2D eigenvalue weighted by Gasteiger charge is 2.27. The first-order valence-electron chi connectivity index (χ1n) is 6.70. The predicted octanol–water partition coefficient (Wildman–Crippen LogP) is 1.58. The molecule has 1 aliphatic heterocycles. The molecule has 2 N–H and O–H groups in total. The summed E-state index contributed by atoms with van der Waals surface area (Å²) in [5.41, 5.74) is 1.75. The van der Waals surface area contributed by atoms with E-state index in [0.29, 0.717) is 17.4 Å². The Kier molecular flexibility index (Phi) is 4.28. The minimum absolute atomic E-state index is 0.0290. The van der Waals surface area contributed by atoms with Crippen LogP contribution in [0.4, 0.5) is 0 Å². The Morgan fingerprint density at radius 3 is 2.74 bits per heavy atom. The molecule has 0 bridgehead atoms. The quantitative estimate of drug-likeness (QED) is 0.885. The van der Waals surface area contributed by atoms with Gasteiger partial charge in [-0.25, -0.2) is 13.1 Å². The lowest BCUT2D eigenvalue weighted by atomic mass is 9.96. The molecule has 0 spiro atoms. The van der Waals surface area contributed by atoms with E-state index in [9.17, 15) is 8.42 Å². The van der Waals surface area contributed by atoms with Crippen molar-refractivity contribution in [3.8, 4) is 0 Å². The number of sulfonamides is 1. The average Bonchev–Trinajstić information content (AvgIpc) is 2.35. The Morgan fingerprint density at radius 1 is 1.32 bits per heavy atom. The van der Waals surface area contributed by atoms with Crippen molar-refractivity contribution in [3.05, 3.63) is 29.3 Å². The van der Waals surface area contributed by atoms with Crippen LogP contribution in [-0.4, -0.2) is 27.5 Å². The molecular formula is C14H22N2O2S. The summed E-state index contributed by atoms with van der Waals surface area (Å²) in [4.78, 5) is 0.394. The van der Waals surface area contributed by atoms with Crippen molar-refractivity contribution in [1.82, 2.24) is 10.0 Å². The minimum Gasteiger partial charge on any atom is -0.315 e. The summed E-state index contributed by atoms with van der Waals surface area (Å²) >= 11 is 0. The summed E-state index contributed by atoms with van der Waals surface area (Å²) in [5.74, 6) is 0.362. The van der Waals surface area contributed by atoms with Gasteiger partial charge in [-0.1, -0.05) is 19.1 Å². The van der Waals surface area contributed by atoms with E-state index in [4.69, 9.17) is 0 Å². The Morgan fingerprint density at radius 2 is 2.05 bits per heavy atom. The standard InChI is InChI=1S/C14H22N2O2S/c1-10-4-5-12(3)14(8-10)19(17,18)16-13-9-15-7-6-11(13)2/h4-5,8,11,13,15-16H,6-7,9H2,1-3H3. The number of piperidine rings is 1. The molecule has 0 aliphatic carbocycles.